The Morgan fingerprint density at radius 3 is 2.27 bits per heavy atom. The van der Waals surface area contributed by atoms with Crippen molar-refractivity contribution in [2.45, 2.75) is 102 Å². The van der Waals surface area contributed by atoms with Crippen LogP contribution in [0.4, 0.5) is 0 Å². The first-order valence-corrected chi connectivity index (χ1v) is 15.6. The van der Waals surface area contributed by atoms with Crippen LogP contribution in [-0.2, 0) is 11.3 Å². The number of nitrogens with zero attached hydrogens (tertiary/aromatic N) is 4. The quantitative estimate of drug-likeness (QED) is 0.471. The molecule has 2 saturated carbocycles. The first-order valence-electron chi connectivity index (χ1n) is 15.6. The topological polar surface area (TPSA) is 97.4 Å². The molecule has 8 heteroatoms. The van der Waals surface area contributed by atoms with E-state index >= 15 is 0 Å². The Morgan fingerprint density at radius 1 is 0.854 bits per heavy atom. The lowest BCUT2D eigenvalue weighted by atomic mass is 9.65. The van der Waals surface area contributed by atoms with Gasteiger partial charge in [-0.05, 0) is 93.7 Å². The molecule has 1 aromatic carbocycles. The second-order valence-corrected chi connectivity index (χ2v) is 13.3. The maximum absolute atomic E-state index is 14.3. The largest absolute Gasteiger partial charge is 0.480 e. The molecular weight excluding hydrogens is 516 g/mol. The van der Waals surface area contributed by atoms with Crippen LogP contribution in [0.3, 0.4) is 0 Å². The smallest absolute Gasteiger partial charge is 0.323 e. The molecule has 2 aromatic heterocycles. The van der Waals surface area contributed by atoms with Crippen molar-refractivity contribution in [3.63, 3.8) is 0 Å². The molecule has 7 atom stereocenters. The Labute approximate surface area is 240 Å². The first kappa shape index (κ1) is 26.6. The van der Waals surface area contributed by atoms with Gasteiger partial charge < -0.3 is 9.67 Å². The zero-order chi connectivity index (χ0) is 28.2. The molecule has 4 heterocycles. The van der Waals surface area contributed by atoms with Crippen molar-refractivity contribution in [1.29, 1.82) is 0 Å². The van der Waals surface area contributed by atoms with Crippen LogP contribution < -0.4 is 11.1 Å². The van der Waals surface area contributed by atoms with Crippen LogP contribution in [0.5, 0.6) is 0 Å². The first-order chi connectivity index (χ1) is 19.9. The highest BCUT2D eigenvalue weighted by Crippen LogP contribution is 2.48. The molecule has 4 bridgehead atoms. The summed E-state index contributed by atoms with van der Waals surface area (Å²) in [7, 11) is 0. The Bertz CT molecular complexity index is 1560. The summed E-state index contributed by atoms with van der Waals surface area (Å²) in [5, 5.41) is 9.48. The van der Waals surface area contributed by atoms with Crippen LogP contribution in [0, 0.1) is 17.8 Å². The molecule has 216 valence electrons. The van der Waals surface area contributed by atoms with Gasteiger partial charge in [0.25, 0.3) is 11.1 Å². The second kappa shape index (κ2) is 10.5. The SMILES string of the molecule is C[C@@H]1C[C@@H]2C[C@H](C1)C[C@@H](N1[C@@H]3CCC[C@H]1C[C@@H](n1c(=O)c(-c4cccc(=O)n4CC(=O)O)nc4ccccc41)C3)C2. The van der Waals surface area contributed by atoms with Crippen LogP contribution >= 0.6 is 0 Å². The Balaban J connectivity index is 1.27. The molecule has 0 amide bonds. The average Bonchev–Trinajstić information content (AvgIpc) is 2.92. The number of benzene rings is 1. The molecule has 7 rings (SSSR count). The van der Waals surface area contributed by atoms with Gasteiger partial charge in [-0.1, -0.05) is 31.5 Å². The minimum absolute atomic E-state index is 0.0344. The summed E-state index contributed by atoms with van der Waals surface area (Å²) in [6, 6.07) is 13.9. The fourth-order valence-corrected chi connectivity index (χ4v) is 9.30. The number of aliphatic carboxylic acids is 1. The summed E-state index contributed by atoms with van der Waals surface area (Å²) in [6.07, 6.45) is 12.3. The van der Waals surface area contributed by atoms with Gasteiger partial charge in [-0.3, -0.25) is 23.9 Å². The number of hydrogen-bond donors (Lipinski definition) is 1. The van der Waals surface area contributed by atoms with Crippen molar-refractivity contribution in [2.24, 2.45) is 17.8 Å². The minimum Gasteiger partial charge on any atom is -0.480 e. The highest BCUT2D eigenvalue weighted by Gasteiger charge is 2.46. The number of carbonyl (C=O) groups is 1. The van der Waals surface area contributed by atoms with Crippen molar-refractivity contribution < 1.29 is 9.90 Å². The van der Waals surface area contributed by atoms with E-state index in [0.717, 1.165) is 40.7 Å². The Morgan fingerprint density at radius 2 is 1.56 bits per heavy atom. The van der Waals surface area contributed by atoms with E-state index in [4.69, 9.17) is 4.98 Å². The number of aromatic nitrogens is 3. The molecule has 2 aliphatic heterocycles. The van der Waals surface area contributed by atoms with Gasteiger partial charge in [0.15, 0.2) is 5.69 Å². The van der Waals surface area contributed by atoms with Gasteiger partial charge in [-0.15, -0.1) is 0 Å². The molecule has 3 aromatic rings. The second-order valence-electron chi connectivity index (χ2n) is 13.3. The monoisotopic (exact) mass is 556 g/mol. The molecule has 8 nitrogen and oxygen atoms in total. The fraction of sp³-hybridized carbons (Fsp3) is 0.576. The molecule has 4 aliphatic rings. The van der Waals surface area contributed by atoms with Gasteiger partial charge in [0, 0.05) is 30.2 Å². The number of hydrogen-bond acceptors (Lipinski definition) is 5. The zero-order valence-corrected chi connectivity index (χ0v) is 23.8. The van der Waals surface area contributed by atoms with E-state index in [1.54, 1.807) is 12.1 Å². The van der Waals surface area contributed by atoms with Crippen molar-refractivity contribution in [3.05, 3.63) is 63.2 Å². The van der Waals surface area contributed by atoms with Gasteiger partial charge in [-0.25, -0.2) is 4.98 Å². The zero-order valence-electron chi connectivity index (χ0n) is 23.8. The van der Waals surface area contributed by atoms with E-state index < -0.39 is 18.1 Å². The van der Waals surface area contributed by atoms with Crippen LogP contribution in [-0.4, -0.2) is 48.2 Å². The summed E-state index contributed by atoms with van der Waals surface area (Å²) in [5.41, 5.74) is 1.19. The molecule has 0 radical (unpaired) electrons. The van der Waals surface area contributed by atoms with E-state index in [1.807, 2.05) is 28.8 Å². The number of carboxylic acids is 1. The molecule has 41 heavy (non-hydrogen) atoms. The molecule has 0 spiro atoms. The van der Waals surface area contributed by atoms with E-state index in [1.165, 1.54) is 57.4 Å². The third-order valence-electron chi connectivity index (χ3n) is 10.5. The standard InChI is InChI=1S/C33H40N4O4/c1-20-12-21-14-22(13-20)16-25(15-21)36-23-6-4-7-24(36)18-26(17-23)37-28-9-3-2-8-27(28)34-32(33(37)41)29-10-5-11-30(38)35(29)19-31(39)40/h2-3,5,8-11,20-26H,4,6-7,12-19H2,1H3,(H,39,40)/t20-,21-,22+,23-,24+,25+,26+. The summed E-state index contributed by atoms with van der Waals surface area (Å²) in [5.74, 6) is 1.46. The van der Waals surface area contributed by atoms with Crippen molar-refractivity contribution in [1.82, 2.24) is 19.0 Å². The van der Waals surface area contributed by atoms with Crippen molar-refractivity contribution >= 4 is 17.0 Å². The maximum atomic E-state index is 14.3. The van der Waals surface area contributed by atoms with E-state index in [2.05, 4.69) is 11.8 Å². The molecule has 2 saturated heterocycles. The maximum Gasteiger partial charge on any atom is 0.323 e. The van der Waals surface area contributed by atoms with Crippen molar-refractivity contribution in [3.8, 4) is 11.4 Å². The van der Waals surface area contributed by atoms with Gasteiger partial charge in [0.05, 0.1) is 16.7 Å². The number of rotatable bonds is 5. The van der Waals surface area contributed by atoms with Crippen LogP contribution in [0.1, 0.15) is 77.2 Å². The number of fused-ring (bicyclic) bond motifs is 5. The highest BCUT2D eigenvalue weighted by molar-refractivity contribution is 5.78. The van der Waals surface area contributed by atoms with Gasteiger partial charge >= 0.3 is 5.97 Å². The number of piperidine rings is 2. The fourth-order valence-electron chi connectivity index (χ4n) is 9.30. The van der Waals surface area contributed by atoms with E-state index in [9.17, 15) is 19.5 Å². The molecule has 2 aliphatic carbocycles. The lowest BCUT2D eigenvalue weighted by Gasteiger charge is -2.55. The van der Waals surface area contributed by atoms with E-state index in [0.29, 0.717) is 23.6 Å². The summed E-state index contributed by atoms with van der Waals surface area (Å²) < 4.78 is 3.07. The van der Waals surface area contributed by atoms with Gasteiger partial charge in [0.1, 0.15) is 6.54 Å². The lowest BCUT2D eigenvalue weighted by Crippen LogP contribution is -2.58. The molecule has 1 N–H and O–H groups in total. The van der Waals surface area contributed by atoms with Crippen molar-refractivity contribution in [2.75, 3.05) is 0 Å². The average molecular weight is 557 g/mol. The number of carboxylic acid groups (broad SMARTS) is 1. The normalized spacial score (nSPS) is 31.7. The van der Waals surface area contributed by atoms with Crippen LogP contribution in [0.15, 0.2) is 52.1 Å². The van der Waals surface area contributed by atoms with Gasteiger partial charge in [-0.2, -0.15) is 0 Å². The lowest BCUT2D eigenvalue weighted by molar-refractivity contribution is -0.137. The van der Waals surface area contributed by atoms with E-state index in [-0.39, 0.29) is 23.0 Å². The highest BCUT2D eigenvalue weighted by atomic mass is 16.4. The summed E-state index contributed by atoms with van der Waals surface area (Å²) >= 11 is 0. The molecule has 0 unspecified atom stereocenters. The van der Waals surface area contributed by atoms with Gasteiger partial charge in [0.2, 0.25) is 0 Å². The Kier molecular flexibility index (Phi) is 6.84. The summed E-state index contributed by atoms with van der Waals surface area (Å²) in [6.45, 7) is 1.91. The molecule has 4 fully saturated rings. The number of para-hydroxylation sites is 2. The Hall–Kier alpha value is -3.26. The minimum atomic E-state index is -1.14. The molecular formula is C33H40N4O4. The summed E-state index contributed by atoms with van der Waals surface area (Å²) in [4.78, 5) is 46.2. The van der Waals surface area contributed by atoms with Crippen LogP contribution in [0.2, 0.25) is 0 Å². The third kappa shape index (κ3) is 4.84. The third-order valence-corrected chi connectivity index (χ3v) is 10.5. The predicted molar refractivity (Wildman–Crippen MR) is 158 cm³/mol. The van der Waals surface area contributed by atoms with Crippen LogP contribution in [0.25, 0.3) is 22.4 Å². The predicted octanol–water partition coefficient (Wildman–Crippen LogP) is 5.08. The number of pyridine rings is 1.